The number of hydrogen-bond acceptors (Lipinski definition) is 3. The molecule has 4 rings (SSSR count). The highest BCUT2D eigenvalue weighted by atomic mass is 32.1. The first kappa shape index (κ1) is 18.2. The van der Waals surface area contributed by atoms with Gasteiger partial charge in [0, 0.05) is 37.4 Å². The van der Waals surface area contributed by atoms with E-state index < -0.39 is 0 Å². The van der Waals surface area contributed by atoms with Crippen LogP contribution in [0.5, 0.6) is 0 Å². The molecule has 3 nitrogen and oxygen atoms in total. The van der Waals surface area contributed by atoms with Gasteiger partial charge in [0.05, 0.1) is 4.88 Å². The van der Waals surface area contributed by atoms with Gasteiger partial charge in [0.2, 0.25) is 0 Å². The summed E-state index contributed by atoms with van der Waals surface area (Å²) in [5.41, 5.74) is 2.59. The van der Waals surface area contributed by atoms with Crippen molar-refractivity contribution in [1.82, 2.24) is 9.80 Å². The summed E-state index contributed by atoms with van der Waals surface area (Å²) >= 11 is 1.66. The zero-order valence-corrected chi connectivity index (χ0v) is 16.7. The molecule has 0 radical (unpaired) electrons. The molecule has 2 heterocycles. The molecule has 0 unspecified atom stereocenters. The predicted octanol–water partition coefficient (Wildman–Crippen LogP) is 4.81. The first-order chi connectivity index (χ1) is 13.3. The topological polar surface area (TPSA) is 23.6 Å². The van der Waals surface area contributed by atoms with Crippen molar-refractivity contribution in [3.8, 4) is 0 Å². The maximum absolute atomic E-state index is 13.2. The number of rotatable bonds is 5. The summed E-state index contributed by atoms with van der Waals surface area (Å²) in [4.78, 5) is 18.7. The van der Waals surface area contributed by atoms with Crippen LogP contribution in [-0.2, 0) is 13.0 Å². The number of hydrogen-bond donors (Lipinski definition) is 0. The average Bonchev–Trinajstić information content (AvgIpc) is 3.08. The van der Waals surface area contributed by atoms with Crippen LogP contribution in [-0.4, -0.2) is 41.9 Å². The SMILES string of the molecule is CCCc1c(C(=O)N2CCN(Cc3ccccc3)CC2)sc2ccccc12. The predicted molar refractivity (Wildman–Crippen MR) is 113 cm³/mol. The second kappa shape index (κ2) is 8.24. The van der Waals surface area contributed by atoms with E-state index in [9.17, 15) is 4.79 Å². The molecule has 4 heteroatoms. The van der Waals surface area contributed by atoms with Crippen molar-refractivity contribution < 1.29 is 4.79 Å². The van der Waals surface area contributed by atoms with Gasteiger partial charge in [-0.15, -0.1) is 11.3 Å². The molecule has 2 aromatic carbocycles. The lowest BCUT2D eigenvalue weighted by Gasteiger charge is -2.34. The molecular formula is C23H26N2OS. The average molecular weight is 379 g/mol. The fourth-order valence-electron chi connectivity index (χ4n) is 3.86. The van der Waals surface area contributed by atoms with Crippen LogP contribution >= 0.6 is 11.3 Å². The van der Waals surface area contributed by atoms with Crippen LogP contribution in [0.15, 0.2) is 54.6 Å². The molecule has 1 saturated heterocycles. The van der Waals surface area contributed by atoms with Gasteiger partial charge in [-0.25, -0.2) is 0 Å². The van der Waals surface area contributed by atoms with Crippen molar-refractivity contribution in [3.05, 3.63) is 70.6 Å². The normalized spacial score (nSPS) is 15.4. The molecule has 0 bridgehead atoms. The molecule has 1 aliphatic rings. The number of amides is 1. The molecule has 1 amide bonds. The highest BCUT2D eigenvalue weighted by Gasteiger charge is 2.26. The van der Waals surface area contributed by atoms with E-state index >= 15 is 0 Å². The molecule has 3 aromatic rings. The summed E-state index contributed by atoms with van der Waals surface area (Å²) < 4.78 is 1.23. The van der Waals surface area contributed by atoms with Gasteiger partial charge in [-0.05, 0) is 29.0 Å². The molecule has 27 heavy (non-hydrogen) atoms. The summed E-state index contributed by atoms with van der Waals surface area (Å²) in [6.45, 7) is 6.65. The molecule has 1 aromatic heterocycles. The van der Waals surface area contributed by atoms with E-state index in [1.807, 2.05) is 4.90 Å². The molecule has 0 aliphatic carbocycles. The van der Waals surface area contributed by atoms with E-state index in [1.165, 1.54) is 21.2 Å². The maximum Gasteiger partial charge on any atom is 0.264 e. The zero-order chi connectivity index (χ0) is 18.6. The maximum atomic E-state index is 13.2. The number of thiophene rings is 1. The number of carbonyl (C=O) groups is 1. The Balaban J connectivity index is 1.46. The highest BCUT2D eigenvalue weighted by Crippen LogP contribution is 2.33. The minimum atomic E-state index is 0.221. The van der Waals surface area contributed by atoms with Gasteiger partial charge >= 0.3 is 0 Å². The Morgan fingerprint density at radius 2 is 1.67 bits per heavy atom. The van der Waals surface area contributed by atoms with Crippen LogP contribution in [0, 0.1) is 0 Å². The fraction of sp³-hybridized carbons (Fsp3) is 0.348. The van der Waals surface area contributed by atoms with E-state index in [0.717, 1.165) is 50.4 Å². The number of carbonyl (C=O) groups excluding carboxylic acids is 1. The Morgan fingerprint density at radius 3 is 2.41 bits per heavy atom. The zero-order valence-electron chi connectivity index (χ0n) is 15.9. The van der Waals surface area contributed by atoms with E-state index in [-0.39, 0.29) is 5.91 Å². The lowest BCUT2D eigenvalue weighted by atomic mass is 10.1. The molecule has 0 saturated carbocycles. The van der Waals surface area contributed by atoms with Crippen LogP contribution in [0.1, 0.15) is 34.1 Å². The van der Waals surface area contributed by atoms with Gasteiger partial charge in [0.25, 0.3) is 5.91 Å². The van der Waals surface area contributed by atoms with Crippen molar-refractivity contribution in [2.24, 2.45) is 0 Å². The summed E-state index contributed by atoms with van der Waals surface area (Å²) in [6.07, 6.45) is 2.03. The van der Waals surface area contributed by atoms with Crippen molar-refractivity contribution in [3.63, 3.8) is 0 Å². The monoisotopic (exact) mass is 378 g/mol. The second-order valence-corrected chi connectivity index (χ2v) is 8.26. The van der Waals surface area contributed by atoms with Crippen LogP contribution in [0.3, 0.4) is 0 Å². The van der Waals surface area contributed by atoms with Gasteiger partial charge in [-0.2, -0.15) is 0 Å². The van der Waals surface area contributed by atoms with Gasteiger partial charge in [0.1, 0.15) is 0 Å². The first-order valence-corrected chi connectivity index (χ1v) is 10.6. The quantitative estimate of drug-likeness (QED) is 0.636. The number of fused-ring (bicyclic) bond motifs is 1. The van der Waals surface area contributed by atoms with Gasteiger partial charge in [-0.3, -0.25) is 9.69 Å². The van der Waals surface area contributed by atoms with E-state index in [1.54, 1.807) is 11.3 Å². The Bertz CT molecular complexity index is 911. The van der Waals surface area contributed by atoms with E-state index in [0.29, 0.717) is 0 Å². The highest BCUT2D eigenvalue weighted by molar-refractivity contribution is 7.21. The number of benzene rings is 2. The third kappa shape index (κ3) is 3.92. The smallest absolute Gasteiger partial charge is 0.264 e. The van der Waals surface area contributed by atoms with Gasteiger partial charge in [-0.1, -0.05) is 61.9 Å². The molecule has 0 atom stereocenters. The Morgan fingerprint density at radius 1 is 0.963 bits per heavy atom. The van der Waals surface area contributed by atoms with Crippen LogP contribution in [0.4, 0.5) is 0 Å². The van der Waals surface area contributed by atoms with E-state index in [2.05, 4.69) is 66.4 Å². The van der Waals surface area contributed by atoms with Crippen molar-refractivity contribution in [2.75, 3.05) is 26.2 Å². The van der Waals surface area contributed by atoms with Crippen molar-refractivity contribution in [1.29, 1.82) is 0 Å². The van der Waals surface area contributed by atoms with Crippen molar-refractivity contribution in [2.45, 2.75) is 26.3 Å². The molecular weight excluding hydrogens is 352 g/mol. The van der Waals surface area contributed by atoms with E-state index in [4.69, 9.17) is 0 Å². The Hall–Kier alpha value is -2.17. The van der Waals surface area contributed by atoms with Gasteiger partial charge in [0.15, 0.2) is 0 Å². The number of nitrogens with zero attached hydrogens (tertiary/aromatic N) is 2. The van der Waals surface area contributed by atoms with Crippen LogP contribution < -0.4 is 0 Å². The first-order valence-electron chi connectivity index (χ1n) is 9.82. The fourth-order valence-corrected chi connectivity index (χ4v) is 5.08. The van der Waals surface area contributed by atoms with Crippen LogP contribution in [0.25, 0.3) is 10.1 Å². The minimum absolute atomic E-state index is 0.221. The third-order valence-electron chi connectivity index (χ3n) is 5.30. The summed E-state index contributed by atoms with van der Waals surface area (Å²) in [7, 11) is 0. The summed E-state index contributed by atoms with van der Waals surface area (Å²) in [6, 6.07) is 19.0. The van der Waals surface area contributed by atoms with Crippen LogP contribution in [0.2, 0.25) is 0 Å². The standard InChI is InChI=1S/C23H26N2OS/c1-2-8-20-19-11-6-7-12-21(19)27-22(20)23(26)25-15-13-24(14-16-25)17-18-9-4-3-5-10-18/h3-7,9-12H,2,8,13-17H2,1H3. The summed E-state index contributed by atoms with van der Waals surface area (Å²) in [5, 5.41) is 1.26. The summed E-state index contributed by atoms with van der Waals surface area (Å²) in [5.74, 6) is 0.221. The Kier molecular flexibility index (Phi) is 5.55. The largest absolute Gasteiger partial charge is 0.335 e. The number of aryl methyl sites for hydroxylation is 1. The molecule has 0 N–H and O–H groups in total. The molecule has 1 aliphatic heterocycles. The molecule has 0 spiro atoms. The Labute approximate surface area is 165 Å². The lowest BCUT2D eigenvalue weighted by molar-refractivity contribution is 0.0632. The minimum Gasteiger partial charge on any atom is -0.335 e. The second-order valence-electron chi connectivity index (χ2n) is 7.21. The molecule has 140 valence electrons. The van der Waals surface area contributed by atoms with Gasteiger partial charge < -0.3 is 4.90 Å². The molecule has 1 fully saturated rings. The third-order valence-corrected chi connectivity index (χ3v) is 6.50. The number of piperazine rings is 1. The lowest BCUT2D eigenvalue weighted by Crippen LogP contribution is -2.48. The van der Waals surface area contributed by atoms with Crippen molar-refractivity contribution >= 4 is 27.3 Å².